The number of aromatic nitrogens is 2. The number of rotatable bonds is 1. The van der Waals surface area contributed by atoms with Gasteiger partial charge in [0.15, 0.2) is 0 Å². The van der Waals surface area contributed by atoms with Gasteiger partial charge in [-0.3, -0.25) is 9.97 Å². The Morgan fingerprint density at radius 2 is 1.54 bits per heavy atom. The van der Waals surface area contributed by atoms with Crippen molar-refractivity contribution in [3.05, 3.63) is 70.7 Å². The minimum Gasteiger partial charge on any atom is -0.257 e. The fourth-order valence-corrected chi connectivity index (χ4v) is 5.50. The lowest BCUT2D eigenvalue weighted by Gasteiger charge is -2.43. The lowest BCUT2D eigenvalue weighted by molar-refractivity contribution is 0.329. The molecular weight excluding hydrogens is 340 g/mol. The summed E-state index contributed by atoms with van der Waals surface area (Å²) in [5, 5.41) is 0. The van der Waals surface area contributed by atoms with Crippen molar-refractivity contribution in [3.8, 4) is 22.4 Å². The molecule has 0 aliphatic heterocycles. The predicted molar refractivity (Wildman–Crippen MR) is 116 cm³/mol. The Bertz CT molecular complexity index is 1090. The molecule has 2 nitrogen and oxygen atoms in total. The van der Waals surface area contributed by atoms with Gasteiger partial charge in [0.05, 0.1) is 11.4 Å². The third kappa shape index (κ3) is 2.40. The number of pyridine rings is 2. The Kier molecular flexibility index (Phi) is 3.62. The van der Waals surface area contributed by atoms with Crippen LogP contribution in [-0.4, -0.2) is 9.97 Å². The first-order chi connectivity index (χ1) is 13.3. The minimum atomic E-state index is 0.172. The lowest BCUT2D eigenvalue weighted by Crippen LogP contribution is -2.36. The van der Waals surface area contributed by atoms with E-state index in [9.17, 15) is 0 Å². The number of hydrogen-bond donors (Lipinski definition) is 0. The highest BCUT2D eigenvalue weighted by molar-refractivity contribution is 5.86. The van der Waals surface area contributed by atoms with Crippen LogP contribution in [0.25, 0.3) is 22.4 Å². The SMILES string of the molecule is Cc1nc2c(c3c1C(C)(C)CCC3(C)C)-c1cccc(-c3ccccn3)c1C2. The molecule has 2 aliphatic rings. The zero-order valence-corrected chi connectivity index (χ0v) is 17.6. The van der Waals surface area contributed by atoms with Gasteiger partial charge in [0.2, 0.25) is 0 Å². The molecule has 2 heteroatoms. The molecule has 2 heterocycles. The second-order valence-electron chi connectivity index (χ2n) is 9.76. The smallest absolute Gasteiger partial charge is 0.0705 e. The Hall–Kier alpha value is -2.48. The molecule has 0 saturated heterocycles. The maximum atomic E-state index is 5.16. The summed E-state index contributed by atoms with van der Waals surface area (Å²) in [4.78, 5) is 9.78. The topological polar surface area (TPSA) is 25.8 Å². The van der Waals surface area contributed by atoms with Crippen LogP contribution in [-0.2, 0) is 17.3 Å². The summed E-state index contributed by atoms with van der Waals surface area (Å²) in [6.07, 6.45) is 5.22. The number of fused-ring (bicyclic) bond motifs is 5. The molecule has 2 aromatic heterocycles. The maximum Gasteiger partial charge on any atom is 0.0705 e. The van der Waals surface area contributed by atoms with E-state index >= 15 is 0 Å². The molecule has 0 bridgehead atoms. The standard InChI is InChI=1S/C26H28N2/c1-16-23-24(26(4,5)13-12-25(23,2)3)22-18-10-8-9-17(19(18)15-21(22)28-16)20-11-6-7-14-27-20/h6-11,14H,12-13,15H2,1-5H3. The van der Waals surface area contributed by atoms with Crippen molar-refractivity contribution in [2.75, 3.05) is 0 Å². The van der Waals surface area contributed by atoms with Crippen LogP contribution >= 0.6 is 0 Å². The molecule has 0 atom stereocenters. The fourth-order valence-electron chi connectivity index (χ4n) is 5.50. The van der Waals surface area contributed by atoms with Gasteiger partial charge in [-0.15, -0.1) is 0 Å². The van der Waals surface area contributed by atoms with Crippen LogP contribution < -0.4 is 0 Å². The predicted octanol–water partition coefficient (Wildman–Crippen LogP) is 6.37. The summed E-state index contributed by atoms with van der Waals surface area (Å²) in [5.74, 6) is 0. The molecule has 0 N–H and O–H groups in total. The van der Waals surface area contributed by atoms with Crippen molar-refractivity contribution in [3.63, 3.8) is 0 Å². The monoisotopic (exact) mass is 368 g/mol. The van der Waals surface area contributed by atoms with E-state index in [1.165, 1.54) is 52.0 Å². The molecular formula is C26H28N2. The van der Waals surface area contributed by atoms with Gasteiger partial charge in [-0.1, -0.05) is 52.0 Å². The average Bonchev–Trinajstić information content (AvgIpc) is 3.03. The normalized spacial score (nSPS) is 18.3. The summed E-state index contributed by atoms with van der Waals surface area (Å²) in [5.41, 5.74) is 12.3. The molecule has 0 fully saturated rings. The van der Waals surface area contributed by atoms with Gasteiger partial charge >= 0.3 is 0 Å². The first-order valence-electron chi connectivity index (χ1n) is 10.4. The van der Waals surface area contributed by atoms with Crippen LogP contribution in [0.5, 0.6) is 0 Å². The summed E-state index contributed by atoms with van der Waals surface area (Å²) < 4.78 is 0. The second kappa shape index (κ2) is 5.76. The molecule has 28 heavy (non-hydrogen) atoms. The van der Waals surface area contributed by atoms with Gasteiger partial charge in [-0.05, 0) is 65.0 Å². The van der Waals surface area contributed by atoms with Crippen LogP contribution in [0, 0.1) is 6.92 Å². The summed E-state index contributed by atoms with van der Waals surface area (Å²) >= 11 is 0. The van der Waals surface area contributed by atoms with Crippen molar-refractivity contribution in [1.29, 1.82) is 0 Å². The van der Waals surface area contributed by atoms with Crippen molar-refractivity contribution in [1.82, 2.24) is 9.97 Å². The van der Waals surface area contributed by atoms with Crippen LogP contribution in [0.1, 0.15) is 68.6 Å². The molecule has 5 rings (SSSR count). The molecule has 0 radical (unpaired) electrons. The second-order valence-corrected chi connectivity index (χ2v) is 9.76. The van der Waals surface area contributed by atoms with Crippen LogP contribution in [0.4, 0.5) is 0 Å². The molecule has 0 spiro atoms. The molecule has 0 unspecified atom stereocenters. The first-order valence-corrected chi connectivity index (χ1v) is 10.4. The van der Waals surface area contributed by atoms with E-state index < -0.39 is 0 Å². The summed E-state index contributed by atoms with van der Waals surface area (Å²) in [6, 6.07) is 12.8. The van der Waals surface area contributed by atoms with Gasteiger partial charge in [0.1, 0.15) is 0 Å². The Balaban J connectivity index is 1.82. The Morgan fingerprint density at radius 1 is 0.821 bits per heavy atom. The van der Waals surface area contributed by atoms with E-state index in [0.717, 1.165) is 12.1 Å². The highest BCUT2D eigenvalue weighted by Gasteiger charge is 2.43. The fraction of sp³-hybridized carbons (Fsp3) is 0.385. The minimum absolute atomic E-state index is 0.172. The quantitative estimate of drug-likeness (QED) is 0.390. The van der Waals surface area contributed by atoms with Gasteiger partial charge < -0.3 is 0 Å². The lowest BCUT2D eigenvalue weighted by atomic mass is 9.61. The molecule has 0 amide bonds. The Labute approximate surface area is 168 Å². The van der Waals surface area contributed by atoms with E-state index in [-0.39, 0.29) is 10.8 Å². The highest BCUT2D eigenvalue weighted by atomic mass is 14.7. The molecule has 3 aromatic rings. The highest BCUT2D eigenvalue weighted by Crippen LogP contribution is 2.54. The van der Waals surface area contributed by atoms with Crippen LogP contribution in [0.2, 0.25) is 0 Å². The van der Waals surface area contributed by atoms with Gasteiger partial charge in [-0.25, -0.2) is 0 Å². The summed E-state index contributed by atoms with van der Waals surface area (Å²) in [6.45, 7) is 11.8. The van der Waals surface area contributed by atoms with Crippen molar-refractivity contribution in [2.45, 2.75) is 64.7 Å². The molecule has 2 aliphatic carbocycles. The van der Waals surface area contributed by atoms with E-state index in [0.29, 0.717) is 0 Å². The third-order valence-corrected chi connectivity index (χ3v) is 6.91. The number of nitrogens with zero attached hydrogens (tertiary/aromatic N) is 2. The average molecular weight is 369 g/mol. The van der Waals surface area contributed by atoms with E-state index in [1.54, 1.807) is 5.56 Å². The van der Waals surface area contributed by atoms with Crippen LogP contribution in [0.3, 0.4) is 0 Å². The van der Waals surface area contributed by atoms with Crippen LogP contribution in [0.15, 0.2) is 42.6 Å². The number of aryl methyl sites for hydroxylation is 1. The van der Waals surface area contributed by atoms with Gasteiger partial charge in [0, 0.05) is 29.4 Å². The van der Waals surface area contributed by atoms with Crippen molar-refractivity contribution >= 4 is 0 Å². The zero-order valence-electron chi connectivity index (χ0n) is 17.6. The van der Waals surface area contributed by atoms with E-state index in [4.69, 9.17) is 4.98 Å². The number of benzene rings is 1. The molecule has 0 saturated carbocycles. The molecule has 1 aromatic carbocycles. The van der Waals surface area contributed by atoms with Crippen molar-refractivity contribution in [2.24, 2.45) is 0 Å². The summed E-state index contributed by atoms with van der Waals surface area (Å²) in [7, 11) is 0. The molecule has 142 valence electrons. The van der Waals surface area contributed by atoms with Gasteiger partial charge in [-0.2, -0.15) is 0 Å². The third-order valence-electron chi connectivity index (χ3n) is 6.91. The van der Waals surface area contributed by atoms with E-state index in [1.807, 2.05) is 12.3 Å². The largest absolute Gasteiger partial charge is 0.257 e. The van der Waals surface area contributed by atoms with E-state index in [2.05, 4.69) is 69.9 Å². The Morgan fingerprint density at radius 3 is 2.25 bits per heavy atom. The maximum absolute atomic E-state index is 5.16. The van der Waals surface area contributed by atoms with Gasteiger partial charge in [0.25, 0.3) is 0 Å². The number of hydrogen-bond acceptors (Lipinski definition) is 2. The first kappa shape index (κ1) is 17.6. The van der Waals surface area contributed by atoms with Crippen molar-refractivity contribution < 1.29 is 0 Å². The zero-order chi connectivity index (χ0) is 19.7.